The number of anilines is 2. The number of nitrogens with zero attached hydrogens (tertiary/aromatic N) is 3. The average molecular weight is 481 g/mol. The van der Waals surface area contributed by atoms with Gasteiger partial charge in [0.15, 0.2) is 0 Å². The summed E-state index contributed by atoms with van der Waals surface area (Å²) >= 11 is -0.0515. The number of carbonyl (C=O) groups excluding carboxylic acids is 2. The molecule has 6 nitrogen and oxygen atoms in total. The number of hydrogen-bond donors (Lipinski definition) is 1. The van der Waals surface area contributed by atoms with Gasteiger partial charge in [-0.25, -0.2) is 0 Å². The second-order valence-corrected chi connectivity index (χ2v) is 9.39. The molecule has 1 fully saturated rings. The van der Waals surface area contributed by atoms with Crippen molar-refractivity contribution in [1.29, 1.82) is 0 Å². The Morgan fingerprint density at radius 3 is 2.74 bits per heavy atom. The Labute approximate surface area is 184 Å². The third kappa shape index (κ3) is 3.92. The quantitative estimate of drug-likeness (QED) is 0.462. The molecule has 0 bridgehead atoms. The summed E-state index contributed by atoms with van der Waals surface area (Å²) in [5, 5.41) is 2.76. The molecule has 0 aliphatic carbocycles. The Morgan fingerprint density at radius 1 is 1.13 bits per heavy atom. The maximum absolute atomic E-state index is 13.6. The molecule has 31 heavy (non-hydrogen) atoms. The number of piperazine rings is 1. The molecule has 1 N–H and O–H groups in total. The van der Waals surface area contributed by atoms with E-state index in [-0.39, 0.29) is 32.1 Å². The number of halogens is 1. The van der Waals surface area contributed by atoms with E-state index in [1.54, 1.807) is 18.3 Å². The van der Waals surface area contributed by atoms with Crippen LogP contribution >= 0.6 is 0 Å². The molecule has 0 unspecified atom stereocenters. The first kappa shape index (κ1) is 19.7. The Bertz CT molecular complexity index is 1180. The number of amides is 2. The number of nitrogens with one attached hydrogen (secondary N) is 1. The zero-order chi connectivity index (χ0) is 21.4. The van der Waals surface area contributed by atoms with Crippen molar-refractivity contribution >= 4 is 49.5 Å². The molecule has 0 radical (unpaired) electrons. The van der Waals surface area contributed by atoms with E-state index in [1.807, 2.05) is 34.1 Å². The molecule has 4 heterocycles. The summed E-state index contributed by atoms with van der Waals surface area (Å²) in [7, 11) is 0. The van der Waals surface area contributed by atoms with Crippen LogP contribution in [0.25, 0.3) is 11.6 Å². The van der Waals surface area contributed by atoms with Crippen molar-refractivity contribution in [3.8, 4) is 0 Å². The number of rotatable bonds is 3. The van der Waals surface area contributed by atoms with Crippen molar-refractivity contribution in [3.63, 3.8) is 0 Å². The fourth-order valence-corrected chi connectivity index (χ4v) is 5.55. The van der Waals surface area contributed by atoms with Crippen molar-refractivity contribution in [1.82, 2.24) is 9.88 Å². The summed E-state index contributed by atoms with van der Waals surface area (Å²) in [6.07, 6.45) is 3.55. The Hall–Kier alpha value is -3.22. The van der Waals surface area contributed by atoms with E-state index in [1.165, 1.54) is 12.1 Å². The number of pyridine rings is 1. The van der Waals surface area contributed by atoms with Crippen molar-refractivity contribution < 1.29 is 14.0 Å². The zero-order valence-electron chi connectivity index (χ0n) is 16.5. The summed E-state index contributed by atoms with van der Waals surface area (Å²) in [6.45, 7) is 2.76. The predicted molar refractivity (Wildman–Crippen MR) is 119 cm³/mol. The molecule has 0 spiro atoms. The van der Waals surface area contributed by atoms with Crippen LogP contribution in [-0.4, -0.2) is 62.4 Å². The van der Waals surface area contributed by atoms with Gasteiger partial charge in [0.05, 0.1) is 0 Å². The van der Waals surface area contributed by atoms with Gasteiger partial charge in [-0.1, -0.05) is 0 Å². The Balaban J connectivity index is 1.29. The molecule has 0 atom stereocenters. The molecule has 1 saturated heterocycles. The van der Waals surface area contributed by atoms with Crippen molar-refractivity contribution in [2.24, 2.45) is 0 Å². The number of aromatic nitrogens is 1. The van der Waals surface area contributed by atoms with Gasteiger partial charge in [0.1, 0.15) is 0 Å². The van der Waals surface area contributed by atoms with Crippen LogP contribution in [0.1, 0.15) is 20.4 Å². The fourth-order valence-electron chi connectivity index (χ4n) is 3.85. The van der Waals surface area contributed by atoms with Gasteiger partial charge in [-0.15, -0.1) is 0 Å². The zero-order valence-corrected chi connectivity index (χ0v) is 18.3. The molecular formula is C23H19FN4O2Se. The Kier molecular flexibility index (Phi) is 5.18. The molecule has 2 aromatic heterocycles. The van der Waals surface area contributed by atoms with Gasteiger partial charge < -0.3 is 0 Å². The van der Waals surface area contributed by atoms with E-state index in [4.69, 9.17) is 0 Å². The molecule has 8 heteroatoms. The van der Waals surface area contributed by atoms with E-state index in [9.17, 15) is 14.0 Å². The molecule has 5 rings (SSSR count). The number of fused-ring (bicyclic) bond motifs is 1. The van der Waals surface area contributed by atoms with Gasteiger partial charge in [-0.2, -0.15) is 0 Å². The summed E-state index contributed by atoms with van der Waals surface area (Å²) in [5.41, 5.74) is 2.27. The minimum absolute atomic E-state index is 0.0123. The second-order valence-electron chi connectivity index (χ2n) is 7.41. The fraction of sp³-hybridized carbons (Fsp3) is 0.174. The van der Waals surface area contributed by atoms with Crippen LogP contribution < -0.4 is 10.2 Å². The first-order valence-electron chi connectivity index (χ1n) is 9.95. The summed E-state index contributed by atoms with van der Waals surface area (Å²) in [6, 6.07) is 11.9. The van der Waals surface area contributed by atoms with Crippen LogP contribution in [0.3, 0.4) is 0 Å². The van der Waals surface area contributed by atoms with Gasteiger partial charge in [0.2, 0.25) is 0 Å². The monoisotopic (exact) mass is 482 g/mol. The van der Waals surface area contributed by atoms with Gasteiger partial charge in [-0.3, -0.25) is 0 Å². The van der Waals surface area contributed by atoms with Gasteiger partial charge in [-0.05, 0) is 0 Å². The molecule has 3 aromatic rings. The van der Waals surface area contributed by atoms with Gasteiger partial charge in [0, 0.05) is 0 Å². The van der Waals surface area contributed by atoms with Gasteiger partial charge >= 0.3 is 185 Å². The summed E-state index contributed by atoms with van der Waals surface area (Å²) in [4.78, 5) is 35.7. The predicted octanol–water partition coefficient (Wildman–Crippen LogP) is 2.73. The topological polar surface area (TPSA) is 65.5 Å². The van der Waals surface area contributed by atoms with E-state index < -0.39 is 0 Å². The van der Waals surface area contributed by atoms with Crippen LogP contribution in [0.4, 0.5) is 15.9 Å². The number of benzene rings is 1. The SMILES string of the molecule is O=C1Nc2ccc(F)cc2C1=Cc1cc(C(=O)N2CCN(c3ccccn3)CC2)c[se]1. The van der Waals surface area contributed by atoms with Crippen molar-refractivity contribution in [2.45, 2.75) is 0 Å². The molecule has 2 amide bonds. The van der Waals surface area contributed by atoms with E-state index in [0.717, 1.165) is 23.3 Å². The van der Waals surface area contributed by atoms with Crippen LogP contribution in [0.5, 0.6) is 0 Å². The maximum atomic E-state index is 13.6. The van der Waals surface area contributed by atoms with E-state index in [2.05, 4.69) is 15.2 Å². The molecular weight excluding hydrogens is 462 g/mol. The first-order chi connectivity index (χ1) is 15.1. The normalized spacial score (nSPS) is 17.1. The second kappa shape index (κ2) is 8.13. The third-order valence-corrected chi connectivity index (χ3v) is 7.30. The van der Waals surface area contributed by atoms with Gasteiger partial charge in [0.25, 0.3) is 0 Å². The molecule has 2 aliphatic rings. The summed E-state index contributed by atoms with van der Waals surface area (Å²) in [5.74, 6) is 0.310. The van der Waals surface area contributed by atoms with Crippen LogP contribution in [0.2, 0.25) is 0 Å². The number of carbonyl (C=O) groups is 2. The standard InChI is InChI=1S/C23H19FN4O2Se/c24-16-4-5-20-18(12-16)19(22(29)26-20)13-17-11-15(14-31-17)23(30)28-9-7-27(8-10-28)21-3-1-2-6-25-21/h1-6,11-14H,7-10H2,(H,26,29). The molecule has 156 valence electrons. The van der Waals surface area contributed by atoms with E-state index in [0.29, 0.717) is 35.5 Å². The van der Waals surface area contributed by atoms with Crippen LogP contribution in [0, 0.1) is 5.82 Å². The minimum atomic E-state index is -0.383. The van der Waals surface area contributed by atoms with Crippen molar-refractivity contribution in [2.75, 3.05) is 36.4 Å². The average Bonchev–Trinajstić information content (AvgIpc) is 3.39. The molecule has 1 aromatic carbocycles. The van der Waals surface area contributed by atoms with E-state index >= 15 is 0 Å². The molecule has 0 saturated carbocycles. The first-order valence-corrected chi connectivity index (χ1v) is 11.8. The van der Waals surface area contributed by atoms with Crippen molar-refractivity contribution in [3.05, 3.63) is 75.0 Å². The number of hydrogen-bond acceptors (Lipinski definition) is 4. The molecule has 2 aliphatic heterocycles. The Morgan fingerprint density at radius 2 is 1.97 bits per heavy atom. The summed E-state index contributed by atoms with van der Waals surface area (Å²) < 4.78 is 14.6. The van der Waals surface area contributed by atoms with Crippen LogP contribution in [-0.2, 0) is 4.79 Å². The third-order valence-electron chi connectivity index (χ3n) is 5.46. The van der Waals surface area contributed by atoms with Crippen LogP contribution in [0.15, 0.2) is 53.6 Å².